The fourth-order valence-electron chi connectivity index (χ4n) is 3.84. The Morgan fingerprint density at radius 3 is 2.47 bits per heavy atom. The first kappa shape index (κ1) is 22.4. The van der Waals surface area contributed by atoms with E-state index in [0.717, 1.165) is 56.8 Å². The maximum atomic E-state index is 13.0. The summed E-state index contributed by atoms with van der Waals surface area (Å²) < 4.78 is 44.7. The van der Waals surface area contributed by atoms with Crippen LogP contribution in [0.3, 0.4) is 0 Å². The minimum absolute atomic E-state index is 0.0175. The normalized spacial score (nSPS) is 16.5. The number of halogens is 3. The molecule has 0 unspecified atom stereocenters. The monoisotopic (exact) mass is 448 g/mol. The van der Waals surface area contributed by atoms with Gasteiger partial charge < -0.3 is 25.2 Å². The van der Waals surface area contributed by atoms with Gasteiger partial charge in [-0.1, -0.05) is 6.07 Å². The molecule has 172 valence electrons. The summed E-state index contributed by atoms with van der Waals surface area (Å²) in [5.74, 6) is 0.534. The van der Waals surface area contributed by atoms with Crippen LogP contribution in [-0.2, 0) is 17.5 Å². The summed E-state index contributed by atoms with van der Waals surface area (Å²) in [4.78, 5) is 16.9. The minimum atomic E-state index is -4.44. The van der Waals surface area contributed by atoms with Crippen LogP contribution < -0.4 is 15.4 Å². The minimum Gasteiger partial charge on any atom is -0.453 e. The van der Waals surface area contributed by atoms with E-state index >= 15 is 0 Å². The first-order valence-electron chi connectivity index (χ1n) is 10.7. The number of hydrogen-bond donors (Lipinski definition) is 2. The Hall–Kier alpha value is -2.78. The van der Waals surface area contributed by atoms with Crippen LogP contribution in [0.25, 0.3) is 0 Å². The van der Waals surface area contributed by atoms with E-state index in [4.69, 9.17) is 4.74 Å². The van der Waals surface area contributed by atoms with Crippen LogP contribution in [0, 0.1) is 0 Å². The lowest BCUT2D eigenvalue weighted by Crippen LogP contribution is -2.44. The van der Waals surface area contributed by atoms with Crippen LogP contribution >= 0.6 is 0 Å². The van der Waals surface area contributed by atoms with Crippen LogP contribution in [0.5, 0.6) is 11.5 Å². The molecule has 0 atom stereocenters. The summed E-state index contributed by atoms with van der Waals surface area (Å²) in [5, 5.41) is 5.99. The molecule has 0 aromatic heterocycles. The highest BCUT2D eigenvalue weighted by Gasteiger charge is 2.32. The van der Waals surface area contributed by atoms with Crippen molar-refractivity contribution in [1.82, 2.24) is 15.1 Å². The van der Waals surface area contributed by atoms with Gasteiger partial charge in [0.05, 0.1) is 16.9 Å². The van der Waals surface area contributed by atoms with E-state index in [-0.39, 0.29) is 11.7 Å². The fourth-order valence-corrected chi connectivity index (χ4v) is 3.84. The summed E-state index contributed by atoms with van der Waals surface area (Å²) in [5.41, 5.74) is 1.20. The number of anilines is 2. The first-order chi connectivity index (χ1) is 15.3. The van der Waals surface area contributed by atoms with E-state index in [0.29, 0.717) is 30.1 Å². The number of piperazine rings is 1. The third-order valence-corrected chi connectivity index (χ3v) is 5.81. The first-order valence-corrected chi connectivity index (χ1v) is 10.7. The molecule has 1 amide bonds. The third kappa shape index (κ3) is 5.52. The van der Waals surface area contributed by atoms with Crippen molar-refractivity contribution < 1.29 is 22.7 Å². The lowest BCUT2D eigenvalue weighted by atomic mass is 10.1. The SMILES string of the molecule is CN1CCN(CCCC(=O)NCc2ccc3c(c2)Oc2cc(C(F)(F)F)ccc2N3)CC1. The molecule has 0 radical (unpaired) electrons. The molecule has 6 nitrogen and oxygen atoms in total. The summed E-state index contributed by atoms with van der Waals surface area (Å²) in [6, 6.07) is 8.75. The molecule has 2 heterocycles. The van der Waals surface area contributed by atoms with Gasteiger partial charge in [-0.05, 0) is 55.9 Å². The molecule has 0 saturated carbocycles. The molecule has 0 spiro atoms. The van der Waals surface area contributed by atoms with Crippen molar-refractivity contribution in [1.29, 1.82) is 0 Å². The molecule has 4 rings (SSSR count). The Bertz CT molecular complexity index is 972. The number of likely N-dealkylation sites (N-methyl/N-ethyl adjacent to an activating group) is 1. The van der Waals surface area contributed by atoms with Gasteiger partial charge in [-0.25, -0.2) is 0 Å². The average Bonchev–Trinajstić information content (AvgIpc) is 2.76. The van der Waals surface area contributed by atoms with Gasteiger partial charge in [0, 0.05) is 39.1 Å². The number of hydrogen-bond acceptors (Lipinski definition) is 5. The van der Waals surface area contributed by atoms with Gasteiger partial charge in [0.25, 0.3) is 0 Å². The summed E-state index contributed by atoms with van der Waals surface area (Å²) in [6.07, 6.45) is -3.16. The van der Waals surface area contributed by atoms with Gasteiger partial charge in [0.1, 0.15) is 0 Å². The van der Waals surface area contributed by atoms with Gasteiger partial charge in [0.15, 0.2) is 11.5 Å². The number of ether oxygens (including phenoxy) is 1. The molecule has 2 N–H and O–H groups in total. The Labute approximate surface area is 185 Å². The molecule has 1 saturated heterocycles. The molecule has 2 aromatic rings. The predicted octanol–water partition coefficient (Wildman–Crippen LogP) is 4.20. The molecule has 9 heteroatoms. The van der Waals surface area contributed by atoms with E-state index < -0.39 is 11.7 Å². The van der Waals surface area contributed by atoms with E-state index in [2.05, 4.69) is 27.5 Å². The summed E-state index contributed by atoms with van der Waals surface area (Å²) >= 11 is 0. The van der Waals surface area contributed by atoms with Gasteiger partial charge >= 0.3 is 6.18 Å². The van der Waals surface area contributed by atoms with Crippen LogP contribution in [0.4, 0.5) is 24.5 Å². The molecule has 0 bridgehead atoms. The highest BCUT2D eigenvalue weighted by Crippen LogP contribution is 2.44. The van der Waals surface area contributed by atoms with Crippen molar-refractivity contribution in [3.05, 3.63) is 47.5 Å². The van der Waals surface area contributed by atoms with Gasteiger partial charge in [-0.2, -0.15) is 13.2 Å². The molecule has 1 fully saturated rings. The standard InChI is InChI=1S/C23H27F3N4O2/c1-29-9-11-30(12-10-29)8-2-3-22(31)27-15-16-4-6-18-20(13-16)32-21-14-17(23(24,25)26)5-7-19(21)28-18/h4-7,13-14,28H,2-3,8-12,15H2,1H3,(H,27,31). The molecule has 2 aliphatic heterocycles. The van der Waals surface area contributed by atoms with Crippen molar-refractivity contribution in [2.45, 2.75) is 25.6 Å². The maximum Gasteiger partial charge on any atom is 0.416 e. The number of nitrogens with zero attached hydrogens (tertiary/aromatic N) is 2. The lowest BCUT2D eigenvalue weighted by molar-refractivity contribution is -0.137. The van der Waals surface area contributed by atoms with Crippen molar-refractivity contribution in [2.24, 2.45) is 0 Å². The number of carbonyl (C=O) groups is 1. The number of carbonyl (C=O) groups excluding carboxylic acids is 1. The molecule has 0 aliphatic carbocycles. The van der Waals surface area contributed by atoms with Crippen LogP contribution in [0.1, 0.15) is 24.0 Å². The number of alkyl halides is 3. The lowest BCUT2D eigenvalue weighted by Gasteiger charge is -2.32. The number of fused-ring (bicyclic) bond motifs is 2. The second-order valence-electron chi connectivity index (χ2n) is 8.29. The number of benzene rings is 2. The summed E-state index contributed by atoms with van der Waals surface area (Å²) in [6.45, 7) is 5.44. The van der Waals surface area contributed by atoms with Gasteiger partial charge in [-0.3, -0.25) is 4.79 Å². The Balaban J connectivity index is 1.28. The molecular formula is C23H27F3N4O2. The van der Waals surface area contributed by atoms with Crippen molar-refractivity contribution in [3.63, 3.8) is 0 Å². The smallest absolute Gasteiger partial charge is 0.416 e. The molecular weight excluding hydrogens is 421 g/mol. The maximum absolute atomic E-state index is 13.0. The van der Waals surface area contributed by atoms with E-state index in [9.17, 15) is 18.0 Å². The number of rotatable bonds is 6. The van der Waals surface area contributed by atoms with E-state index in [1.54, 1.807) is 12.1 Å². The highest BCUT2D eigenvalue weighted by atomic mass is 19.4. The molecule has 32 heavy (non-hydrogen) atoms. The zero-order valence-electron chi connectivity index (χ0n) is 18.0. The predicted molar refractivity (Wildman–Crippen MR) is 116 cm³/mol. The van der Waals surface area contributed by atoms with Crippen LogP contribution in [0.15, 0.2) is 36.4 Å². The Morgan fingerprint density at radius 2 is 1.75 bits per heavy atom. The molecule has 2 aromatic carbocycles. The number of amides is 1. The topological polar surface area (TPSA) is 56.8 Å². The van der Waals surface area contributed by atoms with E-state index in [1.807, 2.05) is 6.07 Å². The van der Waals surface area contributed by atoms with Crippen molar-refractivity contribution in [3.8, 4) is 11.5 Å². The largest absolute Gasteiger partial charge is 0.453 e. The molecule has 2 aliphatic rings. The second kappa shape index (κ2) is 9.38. The second-order valence-corrected chi connectivity index (χ2v) is 8.29. The third-order valence-electron chi connectivity index (χ3n) is 5.81. The summed E-state index contributed by atoms with van der Waals surface area (Å²) in [7, 11) is 2.12. The zero-order valence-corrected chi connectivity index (χ0v) is 18.0. The number of nitrogens with one attached hydrogen (secondary N) is 2. The van der Waals surface area contributed by atoms with E-state index in [1.165, 1.54) is 6.07 Å². The van der Waals surface area contributed by atoms with Crippen molar-refractivity contribution >= 4 is 17.3 Å². The fraction of sp³-hybridized carbons (Fsp3) is 0.435. The average molecular weight is 448 g/mol. The highest BCUT2D eigenvalue weighted by molar-refractivity contribution is 5.77. The van der Waals surface area contributed by atoms with Gasteiger partial charge in [0.2, 0.25) is 5.91 Å². The van der Waals surface area contributed by atoms with Crippen LogP contribution in [0.2, 0.25) is 0 Å². The quantitative estimate of drug-likeness (QED) is 0.592. The van der Waals surface area contributed by atoms with Crippen LogP contribution in [-0.4, -0.2) is 55.5 Å². The Kier molecular flexibility index (Phi) is 6.57. The van der Waals surface area contributed by atoms with Crippen molar-refractivity contribution in [2.75, 3.05) is 45.1 Å². The van der Waals surface area contributed by atoms with Gasteiger partial charge in [-0.15, -0.1) is 0 Å². The zero-order chi connectivity index (χ0) is 22.7. The Morgan fingerprint density at radius 1 is 1.06 bits per heavy atom.